The molecular weight excluding hydrogens is 368 g/mol. The molecule has 158 valence electrons. The standard InChI is InChI=1S/C21H32N6O2/c1-17-14-24-27(15-17)8-7-23-21(22-2)26-11-9-25(10-12-26)16-18-13-19(28-3)5-6-20(18)29-4/h5-6,13-15H,7-12,16H2,1-4H3,(H,22,23). The summed E-state index contributed by atoms with van der Waals surface area (Å²) in [6, 6.07) is 5.96. The van der Waals surface area contributed by atoms with Crippen LogP contribution in [0.1, 0.15) is 11.1 Å². The number of benzene rings is 1. The van der Waals surface area contributed by atoms with E-state index in [1.807, 2.05) is 30.1 Å². The summed E-state index contributed by atoms with van der Waals surface area (Å²) in [7, 11) is 5.24. The Bertz CT molecular complexity index is 811. The first-order valence-electron chi connectivity index (χ1n) is 10.0. The van der Waals surface area contributed by atoms with Crippen LogP contribution in [0.2, 0.25) is 0 Å². The summed E-state index contributed by atoms with van der Waals surface area (Å²) in [4.78, 5) is 9.21. The third kappa shape index (κ3) is 5.63. The molecule has 0 radical (unpaired) electrons. The fraction of sp³-hybridized carbons (Fsp3) is 0.524. The Morgan fingerprint density at radius 2 is 1.97 bits per heavy atom. The first-order chi connectivity index (χ1) is 14.1. The molecule has 2 heterocycles. The summed E-state index contributed by atoms with van der Waals surface area (Å²) in [5.74, 6) is 2.71. The zero-order valence-electron chi connectivity index (χ0n) is 17.9. The molecule has 8 nitrogen and oxygen atoms in total. The number of ether oxygens (including phenoxy) is 2. The molecular formula is C21H32N6O2. The van der Waals surface area contributed by atoms with Gasteiger partial charge in [0.1, 0.15) is 11.5 Å². The Kier molecular flexibility index (Phi) is 7.35. The predicted octanol–water partition coefficient (Wildman–Crippen LogP) is 1.60. The van der Waals surface area contributed by atoms with E-state index in [0.717, 1.165) is 68.8 Å². The lowest BCUT2D eigenvalue weighted by atomic mass is 10.1. The first kappa shape index (κ1) is 21.0. The maximum absolute atomic E-state index is 5.52. The molecule has 0 bridgehead atoms. The molecule has 1 aliphatic rings. The van der Waals surface area contributed by atoms with Crippen molar-refractivity contribution in [1.82, 2.24) is 24.9 Å². The number of aryl methyl sites for hydroxylation is 1. The van der Waals surface area contributed by atoms with Crippen molar-refractivity contribution in [3.8, 4) is 11.5 Å². The summed E-state index contributed by atoms with van der Waals surface area (Å²) in [6.45, 7) is 8.34. The number of piperazine rings is 1. The molecule has 0 saturated carbocycles. The minimum Gasteiger partial charge on any atom is -0.497 e. The van der Waals surface area contributed by atoms with E-state index in [1.165, 1.54) is 5.56 Å². The van der Waals surface area contributed by atoms with E-state index >= 15 is 0 Å². The van der Waals surface area contributed by atoms with Gasteiger partial charge in [-0.3, -0.25) is 14.6 Å². The van der Waals surface area contributed by atoms with Gasteiger partial charge in [-0.05, 0) is 30.7 Å². The lowest BCUT2D eigenvalue weighted by Gasteiger charge is -2.36. The largest absolute Gasteiger partial charge is 0.497 e. The fourth-order valence-electron chi connectivity index (χ4n) is 3.57. The maximum Gasteiger partial charge on any atom is 0.193 e. The highest BCUT2D eigenvalue weighted by Crippen LogP contribution is 2.25. The van der Waals surface area contributed by atoms with E-state index in [-0.39, 0.29) is 0 Å². The van der Waals surface area contributed by atoms with Crippen LogP contribution in [0.3, 0.4) is 0 Å². The number of hydrogen-bond donors (Lipinski definition) is 1. The average molecular weight is 401 g/mol. The summed E-state index contributed by atoms with van der Waals surface area (Å²) < 4.78 is 12.8. The Labute approximate surface area is 173 Å². The number of nitrogens with zero attached hydrogens (tertiary/aromatic N) is 5. The Morgan fingerprint density at radius 3 is 2.59 bits per heavy atom. The van der Waals surface area contributed by atoms with Gasteiger partial charge in [-0.2, -0.15) is 5.10 Å². The molecule has 1 aromatic heterocycles. The molecule has 0 aliphatic carbocycles. The van der Waals surface area contributed by atoms with Gasteiger partial charge in [0.2, 0.25) is 0 Å². The quantitative estimate of drug-likeness (QED) is 0.563. The van der Waals surface area contributed by atoms with Gasteiger partial charge in [-0.25, -0.2) is 0 Å². The summed E-state index contributed by atoms with van der Waals surface area (Å²) in [5.41, 5.74) is 2.33. The number of rotatable bonds is 7. The molecule has 2 aromatic rings. The second-order valence-electron chi connectivity index (χ2n) is 7.20. The highest BCUT2D eigenvalue weighted by Gasteiger charge is 2.20. The summed E-state index contributed by atoms with van der Waals surface area (Å²) in [6.07, 6.45) is 3.93. The van der Waals surface area contributed by atoms with E-state index < -0.39 is 0 Å². The lowest BCUT2D eigenvalue weighted by Crippen LogP contribution is -2.52. The molecule has 1 N–H and O–H groups in total. The van der Waals surface area contributed by atoms with Crippen molar-refractivity contribution in [1.29, 1.82) is 0 Å². The first-order valence-corrected chi connectivity index (χ1v) is 10.0. The maximum atomic E-state index is 5.52. The van der Waals surface area contributed by atoms with E-state index in [2.05, 4.69) is 44.4 Å². The molecule has 1 fully saturated rings. The Balaban J connectivity index is 1.49. The number of aliphatic imine (C=N–C) groups is 1. The molecule has 1 saturated heterocycles. The Morgan fingerprint density at radius 1 is 1.17 bits per heavy atom. The second kappa shape index (κ2) is 10.2. The van der Waals surface area contributed by atoms with Crippen LogP contribution in [0.25, 0.3) is 0 Å². The van der Waals surface area contributed by atoms with Crippen LogP contribution in [0.15, 0.2) is 35.6 Å². The van der Waals surface area contributed by atoms with Crippen LogP contribution in [-0.2, 0) is 13.1 Å². The van der Waals surface area contributed by atoms with Crippen LogP contribution in [0.5, 0.6) is 11.5 Å². The lowest BCUT2D eigenvalue weighted by molar-refractivity contribution is 0.171. The minimum absolute atomic E-state index is 0.801. The third-order valence-corrected chi connectivity index (χ3v) is 5.15. The predicted molar refractivity (Wildman–Crippen MR) is 115 cm³/mol. The van der Waals surface area contributed by atoms with Gasteiger partial charge >= 0.3 is 0 Å². The van der Waals surface area contributed by atoms with E-state index in [4.69, 9.17) is 9.47 Å². The number of nitrogens with one attached hydrogen (secondary N) is 1. The van der Waals surface area contributed by atoms with Crippen molar-refractivity contribution >= 4 is 5.96 Å². The topological polar surface area (TPSA) is 67.2 Å². The monoisotopic (exact) mass is 400 g/mol. The highest BCUT2D eigenvalue weighted by molar-refractivity contribution is 5.79. The smallest absolute Gasteiger partial charge is 0.193 e. The average Bonchev–Trinajstić information content (AvgIpc) is 3.17. The minimum atomic E-state index is 0.801. The van der Waals surface area contributed by atoms with Gasteiger partial charge in [0.05, 0.1) is 27.0 Å². The van der Waals surface area contributed by atoms with Crippen LogP contribution in [0, 0.1) is 6.92 Å². The van der Waals surface area contributed by atoms with Gasteiger partial charge in [-0.1, -0.05) is 0 Å². The second-order valence-corrected chi connectivity index (χ2v) is 7.20. The van der Waals surface area contributed by atoms with Crippen molar-refractivity contribution in [3.63, 3.8) is 0 Å². The van der Waals surface area contributed by atoms with Crippen molar-refractivity contribution < 1.29 is 9.47 Å². The number of methoxy groups -OCH3 is 2. The number of guanidine groups is 1. The molecule has 0 atom stereocenters. The third-order valence-electron chi connectivity index (χ3n) is 5.15. The zero-order valence-corrected chi connectivity index (χ0v) is 17.9. The molecule has 0 unspecified atom stereocenters. The van der Waals surface area contributed by atoms with Gasteiger partial charge < -0.3 is 19.7 Å². The number of hydrogen-bond acceptors (Lipinski definition) is 5. The normalized spacial score (nSPS) is 15.4. The Hall–Kier alpha value is -2.74. The van der Waals surface area contributed by atoms with Crippen LogP contribution < -0.4 is 14.8 Å². The van der Waals surface area contributed by atoms with Gasteiger partial charge in [0, 0.05) is 58.1 Å². The van der Waals surface area contributed by atoms with E-state index in [1.54, 1.807) is 14.2 Å². The van der Waals surface area contributed by atoms with Crippen LogP contribution in [0.4, 0.5) is 0 Å². The molecule has 0 amide bonds. The molecule has 1 aliphatic heterocycles. The molecule has 0 spiro atoms. The van der Waals surface area contributed by atoms with Crippen molar-refractivity contribution in [2.24, 2.45) is 4.99 Å². The number of aromatic nitrogens is 2. The molecule has 1 aromatic carbocycles. The van der Waals surface area contributed by atoms with Crippen LogP contribution >= 0.6 is 0 Å². The fourth-order valence-corrected chi connectivity index (χ4v) is 3.57. The molecule has 8 heteroatoms. The van der Waals surface area contributed by atoms with Gasteiger partial charge in [0.15, 0.2) is 5.96 Å². The summed E-state index contributed by atoms with van der Waals surface area (Å²) >= 11 is 0. The van der Waals surface area contributed by atoms with Gasteiger partial charge in [-0.15, -0.1) is 0 Å². The van der Waals surface area contributed by atoms with E-state index in [9.17, 15) is 0 Å². The van der Waals surface area contributed by atoms with E-state index in [0.29, 0.717) is 0 Å². The molecule has 29 heavy (non-hydrogen) atoms. The highest BCUT2D eigenvalue weighted by atomic mass is 16.5. The molecule has 3 rings (SSSR count). The van der Waals surface area contributed by atoms with Gasteiger partial charge in [0.25, 0.3) is 0 Å². The van der Waals surface area contributed by atoms with Crippen molar-refractivity contribution in [3.05, 3.63) is 41.7 Å². The SMILES string of the molecule is CN=C(NCCn1cc(C)cn1)N1CCN(Cc2cc(OC)ccc2OC)CC1. The van der Waals surface area contributed by atoms with Crippen molar-refractivity contribution in [2.45, 2.75) is 20.0 Å². The summed E-state index contributed by atoms with van der Waals surface area (Å²) in [5, 5.41) is 7.78. The zero-order chi connectivity index (χ0) is 20.6. The van der Waals surface area contributed by atoms with Crippen LogP contribution in [-0.4, -0.2) is 79.5 Å². The van der Waals surface area contributed by atoms with Crippen molar-refractivity contribution in [2.75, 3.05) is 54.0 Å².